The fourth-order valence-electron chi connectivity index (χ4n) is 0.226. The Morgan fingerprint density at radius 2 is 2.11 bits per heavy atom. The Kier molecular flexibility index (Phi) is 2.70. The number of hydrogen-bond donors (Lipinski definition) is 2. The minimum Gasteiger partial charge on any atom is -0.393 e. The largest absolute Gasteiger partial charge is 0.393 e. The van der Waals surface area contributed by atoms with Gasteiger partial charge in [0, 0.05) is 0 Å². The highest BCUT2D eigenvalue weighted by Gasteiger charge is 2.08. The highest BCUT2D eigenvalue weighted by Crippen LogP contribution is 1.93. The molecule has 0 atom stereocenters. The van der Waals surface area contributed by atoms with Crippen molar-refractivity contribution in [3.8, 4) is 0 Å². The molecular weight excluding hydrogens is 120 g/mol. The van der Waals surface area contributed by atoms with Crippen LogP contribution in [0.4, 0.5) is 0 Å². The van der Waals surface area contributed by atoms with Crippen molar-refractivity contribution in [2.24, 2.45) is 11.7 Å². The quantitative estimate of drug-likeness (QED) is 0.300. The van der Waals surface area contributed by atoms with Gasteiger partial charge in [-0.3, -0.25) is 10.2 Å². The molecule has 0 unspecified atom stereocenters. The molecule has 0 rings (SSSR count). The van der Waals surface area contributed by atoms with Crippen molar-refractivity contribution in [1.82, 2.24) is 0 Å². The number of hydrogen-bond acceptors (Lipinski definition) is 3. The summed E-state index contributed by atoms with van der Waals surface area (Å²) in [5.41, 5.74) is 4.77. The van der Waals surface area contributed by atoms with Crippen LogP contribution in [0.1, 0.15) is 13.8 Å². The number of amidine groups is 1. The molecule has 0 saturated heterocycles. The van der Waals surface area contributed by atoms with Gasteiger partial charge in [0.1, 0.15) is 0 Å². The number of rotatable bonds is 1. The summed E-state index contributed by atoms with van der Waals surface area (Å²) in [4.78, 5) is 10.5. The number of nitrogens with one attached hydrogen (secondary N) is 1. The van der Waals surface area contributed by atoms with Crippen LogP contribution in [-0.2, 0) is 9.53 Å². The van der Waals surface area contributed by atoms with Crippen LogP contribution in [0.15, 0.2) is 0 Å². The second kappa shape index (κ2) is 3.06. The van der Waals surface area contributed by atoms with Gasteiger partial charge in [-0.25, -0.2) is 0 Å². The van der Waals surface area contributed by atoms with Crippen molar-refractivity contribution in [3.63, 3.8) is 0 Å². The third-order valence-corrected chi connectivity index (χ3v) is 0.682. The Balaban J connectivity index is 3.64. The fraction of sp³-hybridized carbons (Fsp3) is 0.600. The van der Waals surface area contributed by atoms with Gasteiger partial charge >= 0.3 is 5.97 Å². The molecule has 9 heavy (non-hydrogen) atoms. The van der Waals surface area contributed by atoms with E-state index in [0.29, 0.717) is 0 Å². The Bertz CT molecular complexity index is 131. The summed E-state index contributed by atoms with van der Waals surface area (Å²) in [6, 6.07) is -0.547. The molecule has 0 aromatic rings. The first-order valence-electron chi connectivity index (χ1n) is 2.59. The van der Waals surface area contributed by atoms with E-state index in [1.165, 1.54) is 0 Å². The summed E-state index contributed by atoms with van der Waals surface area (Å²) in [5.74, 6) is -0.698. The van der Waals surface area contributed by atoms with Gasteiger partial charge < -0.3 is 10.5 Å². The zero-order chi connectivity index (χ0) is 7.44. The lowest BCUT2D eigenvalue weighted by Gasteiger charge is -2.01. The zero-order valence-electron chi connectivity index (χ0n) is 5.47. The molecule has 0 saturated carbocycles. The monoisotopic (exact) mass is 130 g/mol. The van der Waals surface area contributed by atoms with Gasteiger partial charge in [0.05, 0.1) is 5.92 Å². The first-order chi connectivity index (χ1) is 4.04. The van der Waals surface area contributed by atoms with Gasteiger partial charge in [0.15, 0.2) is 0 Å². The lowest BCUT2D eigenvalue weighted by molar-refractivity contribution is -0.139. The van der Waals surface area contributed by atoms with Crippen molar-refractivity contribution in [2.45, 2.75) is 13.8 Å². The van der Waals surface area contributed by atoms with E-state index in [4.69, 9.17) is 11.1 Å². The molecular formula is C5H10N2O2. The van der Waals surface area contributed by atoms with E-state index in [9.17, 15) is 4.79 Å². The molecule has 0 aliphatic heterocycles. The van der Waals surface area contributed by atoms with E-state index in [0.717, 1.165) is 0 Å². The molecule has 4 nitrogen and oxygen atoms in total. The molecule has 0 bridgehead atoms. The average molecular weight is 130 g/mol. The van der Waals surface area contributed by atoms with E-state index in [-0.39, 0.29) is 5.92 Å². The number of nitrogens with two attached hydrogens (primary N) is 1. The lowest BCUT2D eigenvalue weighted by atomic mass is 10.2. The van der Waals surface area contributed by atoms with Crippen LogP contribution in [0.5, 0.6) is 0 Å². The van der Waals surface area contributed by atoms with Crippen LogP contribution in [0.3, 0.4) is 0 Å². The van der Waals surface area contributed by atoms with Crippen molar-refractivity contribution >= 4 is 12.0 Å². The van der Waals surface area contributed by atoms with Crippen LogP contribution < -0.4 is 5.73 Å². The number of carbonyl (C=O) groups excluding carboxylic acids is 1. The van der Waals surface area contributed by atoms with Gasteiger partial charge in [-0.15, -0.1) is 0 Å². The maximum atomic E-state index is 10.5. The highest BCUT2D eigenvalue weighted by atomic mass is 16.5. The molecule has 0 fully saturated rings. The van der Waals surface area contributed by atoms with Crippen LogP contribution in [0.2, 0.25) is 0 Å². The Morgan fingerprint density at radius 1 is 1.67 bits per heavy atom. The molecule has 0 radical (unpaired) electrons. The Hall–Kier alpha value is -1.06. The van der Waals surface area contributed by atoms with Gasteiger partial charge in [0.25, 0.3) is 6.02 Å². The summed E-state index contributed by atoms with van der Waals surface area (Å²) >= 11 is 0. The molecule has 0 heterocycles. The molecule has 0 spiro atoms. The summed E-state index contributed by atoms with van der Waals surface area (Å²) in [7, 11) is 0. The van der Waals surface area contributed by atoms with Crippen molar-refractivity contribution < 1.29 is 9.53 Å². The van der Waals surface area contributed by atoms with E-state index in [1.54, 1.807) is 13.8 Å². The molecule has 0 aliphatic rings. The van der Waals surface area contributed by atoms with Crippen LogP contribution in [0.25, 0.3) is 0 Å². The van der Waals surface area contributed by atoms with Crippen molar-refractivity contribution in [3.05, 3.63) is 0 Å². The second-order valence-electron chi connectivity index (χ2n) is 1.94. The maximum absolute atomic E-state index is 10.5. The molecule has 0 aliphatic carbocycles. The van der Waals surface area contributed by atoms with E-state index >= 15 is 0 Å². The lowest BCUT2D eigenvalue weighted by Crippen LogP contribution is -2.22. The number of carbonyl (C=O) groups is 1. The highest BCUT2D eigenvalue weighted by molar-refractivity contribution is 5.85. The van der Waals surface area contributed by atoms with Gasteiger partial charge in [-0.05, 0) is 0 Å². The minimum atomic E-state index is -0.547. The first-order valence-corrected chi connectivity index (χ1v) is 2.59. The van der Waals surface area contributed by atoms with Crippen molar-refractivity contribution in [1.29, 1.82) is 5.41 Å². The van der Waals surface area contributed by atoms with Crippen LogP contribution >= 0.6 is 0 Å². The molecule has 0 aromatic carbocycles. The summed E-state index contributed by atoms with van der Waals surface area (Å²) < 4.78 is 4.23. The first kappa shape index (κ1) is 7.94. The Morgan fingerprint density at radius 3 is 2.22 bits per heavy atom. The van der Waals surface area contributed by atoms with Crippen LogP contribution in [-0.4, -0.2) is 12.0 Å². The minimum absolute atomic E-state index is 0.228. The van der Waals surface area contributed by atoms with Gasteiger partial charge in [-0.1, -0.05) is 13.8 Å². The van der Waals surface area contributed by atoms with E-state index in [2.05, 4.69) is 4.74 Å². The molecule has 0 aromatic heterocycles. The Labute approximate surface area is 53.5 Å². The third kappa shape index (κ3) is 3.52. The topological polar surface area (TPSA) is 76.2 Å². The second-order valence-corrected chi connectivity index (χ2v) is 1.94. The maximum Gasteiger partial charge on any atom is 0.316 e. The molecule has 4 heteroatoms. The fourth-order valence-corrected chi connectivity index (χ4v) is 0.226. The standard InChI is InChI=1S/C5H10N2O2/c1-3(2)4(8)9-5(6)7/h3H,1-2H3,(H3,6,7). The predicted molar refractivity (Wildman–Crippen MR) is 32.8 cm³/mol. The van der Waals surface area contributed by atoms with E-state index in [1.807, 2.05) is 0 Å². The molecule has 52 valence electrons. The van der Waals surface area contributed by atoms with Crippen LogP contribution in [0, 0.1) is 11.3 Å². The summed E-state index contributed by atoms with van der Waals surface area (Å²) in [5, 5.41) is 6.55. The zero-order valence-corrected chi connectivity index (χ0v) is 5.47. The smallest absolute Gasteiger partial charge is 0.316 e. The summed E-state index contributed by atoms with van der Waals surface area (Å²) in [6.07, 6.45) is 0. The van der Waals surface area contributed by atoms with Gasteiger partial charge in [-0.2, -0.15) is 0 Å². The van der Waals surface area contributed by atoms with E-state index < -0.39 is 12.0 Å². The molecule has 0 amide bonds. The van der Waals surface area contributed by atoms with Crippen molar-refractivity contribution in [2.75, 3.05) is 0 Å². The average Bonchev–Trinajstić information content (AvgIpc) is 1.63. The normalized spacial score (nSPS) is 9.22. The summed E-state index contributed by atoms with van der Waals surface area (Å²) in [6.45, 7) is 3.34. The number of ether oxygens (including phenoxy) is 1. The third-order valence-electron chi connectivity index (χ3n) is 0.682. The number of esters is 1. The predicted octanol–water partition coefficient (Wildman–Crippen LogP) is 0.0791. The molecule has 3 N–H and O–H groups in total. The van der Waals surface area contributed by atoms with Gasteiger partial charge in [0.2, 0.25) is 0 Å². The SMILES string of the molecule is CC(C)C(=O)OC(=N)N.